The van der Waals surface area contributed by atoms with Crippen LogP contribution in [0.2, 0.25) is 0 Å². The van der Waals surface area contributed by atoms with Gasteiger partial charge >= 0.3 is 0 Å². The summed E-state index contributed by atoms with van der Waals surface area (Å²) in [6.07, 6.45) is 3.11. The molecule has 0 aromatic heterocycles. The molecule has 1 atom stereocenters. The fourth-order valence-electron chi connectivity index (χ4n) is 0.798. The van der Waals surface area contributed by atoms with E-state index in [1.54, 1.807) is 7.85 Å². The average Bonchev–Trinajstić information content (AvgIpc) is 1.88. The van der Waals surface area contributed by atoms with Crippen molar-refractivity contribution in [3.8, 4) is 0 Å². The third kappa shape index (κ3) is 4.56. The molecule has 10 heavy (non-hydrogen) atoms. The quantitative estimate of drug-likeness (QED) is 0.429. The van der Waals surface area contributed by atoms with Gasteiger partial charge in [0.15, 0.2) is 7.85 Å². The normalized spacial score (nSPS) is 13.0. The molecular formula is C7H16BNO. The maximum Gasteiger partial charge on any atom is 0.187 e. The van der Waals surface area contributed by atoms with E-state index in [9.17, 15) is 4.79 Å². The van der Waals surface area contributed by atoms with Crippen LogP contribution in [0.3, 0.4) is 0 Å². The largest absolute Gasteiger partial charge is 0.330 e. The van der Waals surface area contributed by atoms with Crippen LogP contribution in [0.5, 0.6) is 0 Å². The van der Waals surface area contributed by atoms with Gasteiger partial charge in [-0.1, -0.05) is 13.3 Å². The number of carbonyl (C=O) groups is 1. The van der Waals surface area contributed by atoms with E-state index in [0.29, 0.717) is 0 Å². The number of hydrogen-bond acceptors (Lipinski definition) is 2. The minimum atomic E-state index is 0.228. The van der Waals surface area contributed by atoms with Crippen molar-refractivity contribution < 1.29 is 4.79 Å². The zero-order valence-electron chi connectivity index (χ0n) is 6.89. The lowest BCUT2D eigenvalue weighted by atomic mass is 9.87. The van der Waals surface area contributed by atoms with Gasteiger partial charge in [-0.25, -0.2) is 0 Å². The maximum atomic E-state index is 10.7. The lowest BCUT2D eigenvalue weighted by molar-refractivity contribution is -0.114. The average molecular weight is 141 g/mol. The molecule has 0 fully saturated rings. The Balaban J connectivity index is 3.21. The summed E-state index contributed by atoms with van der Waals surface area (Å²) in [6, 6.07) is 0. The molecule has 0 aliphatic carbocycles. The van der Waals surface area contributed by atoms with E-state index in [2.05, 4.69) is 0 Å². The Labute approximate surface area is 63.6 Å². The number of carbonyl (C=O) groups excluding carboxylic acids is 1. The topological polar surface area (TPSA) is 43.1 Å². The van der Waals surface area contributed by atoms with Crippen LogP contribution < -0.4 is 5.73 Å². The molecule has 0 aromatic carbocycles. The summed E-state index contributed by atoms with van der Waals surface area (Å²) in [6.45, 7) is 2.71. The third-order valence-corrected chi connectivity index (χ3v) is 1.79. The van der Waals surface area contributed by atoms with E-state index in [0.717, 1.165) is 25.8 Å². The van der Waals surface area contributed by atoms with Gasteiger partial charge in [0, 0.05) is 5.92 Å². The van der Waals surface area contributed by atoms with Crippen LogP contribution in [0.25, 0.3) is 0 Å². The van der Waals surface area contributed by atoms with E-state index in [1.165, 1.54) is 0 Å². The van der Waals surface area contributed by atoms with Gasteiger partial charge < -0.3 is 10.5 Å². The molecule has 0 rings (SSSR count). The lowest BCUT2D eigenvalue weighted by Gasteiger charge is -2.05. The second-order valence-corrected chi connectivity index (χ2v) is 2.80. The van der Waals surface area contributed by atoms with Gasteiger partial charge in [-0.2, -0.15) is 0 Å². The molecule has 0 bridgehead atoms. The zero-order chi connectivity index (χ0) is 7.98. The van der Waals surface area contributed by atoms with Gasteiger partial charge in [-0.3, -0.25) is 0 Å². The molecule has 58 valence electrons. The Hall–Kier alpha value is -0.305. The number of nitrogens with two attached hydrogens (primary N) is 1. The minimum Gasteiger partial charge on any atom is -0.330 e. The molecule has 0 radical (unpaired) electrons. The maximum absolute atomic E-state index is 10.7. The summed E-state index contributed by atoms with van der Waals surface area (Å²) >= 11 is 0. The summed E-state index contributed by atoms with van der Waals surface area (Å²) in [4.78, 5) is 10.7. The first-order valence-corrected chi connectivity index (χ1v) is 3.89. The van der Waals surface area contributed by atoms with Crippen molar-refractivity contribution in [3.63, 3.8) is 0 Å². The molecule has 0 saturated heterocycles. The fraction of sp³-hybridized carbons (Fsp3) is 0.857. The Morgan fingerprint density at radius 1 is 1.60 bits per heavy atom. The molecule has 2 nitrogen and oxygen atoms in total. The van der Waals surface area contributed by atoms with Crippen LogP contribution in [0.1, 0.15) is 26.2 Å². The molecule has 0 spiro atoms. The van der Waals surface area contributed by atoms with Crippen molar-refractivity contribution >= 4 is 13.5 Å². The summed E-state index contributed by atoms with van der Waals surface area (Å²) in [5, 5.41) is 0. The van der Waals surface area contributed by atoms with Crippen LogP contribution in [0.4, 0.5) is 0 Å². The minimum absolute atomic E-state index is 0.228. The molecule has 0 aliphatic heterocycles. The van der Waals surface area contributed by atoms with Crippen molar-refractivity contribution in [2.24, 2.45) is 11.7 Å². The van der Waals surface area contributed by atoms with Crippen molar-refractivity contribution in [3.05, 3.63) is 0 Å². The number of hydrogen-bond donors (Lipinski definition) is 1. The van der Waals surface area contributed by atoms with Crippen LogP contribution in [-0.4, -0.2) is 20.1 Å². The predicted octanol–water partition coefficient (Wildman–Crippen LogP) is -0.0888. The Kier molecular flexibility index (Phi) is 5.31. The molecule has 0 aliphatic rings. The van der Waals surface area contributed by atoms with Crippen LogP contribution >= 0.6 is 0 Å². The molecule has 0 saturated carbocycles. The third-order valence-electron chi connectivity index (χ3n) is 1.79. The van der Waals surface area contributed by atoms with E-state index in [4.69, 9.17) is 5.73 Å². The highest BCUT2D eigenvalue weighted by Crippen LogP contribution is 2.06. The SMILES string of the molecule is BC(=O)[C@@H](C)CCCCN. The van der Waals surface area contributed by atoms with E-state index in [1.807, 2.05) is 6.92 Å². The van der Waals surface area contributed by atoms with Gasteiger partial charge in [0.25, 0.3) is 0 Å². The van der Waals surface area contributed by atoms with E-state index in [-0.39, 0.29) is 11.6 Å². The van der Waals surface area contributed by atoms with Crippen LogP contribution in [0.15, 0.2) is 0 Å². The first-order chi connectivity index (χ1) is 4.68. The summed E-state index contributed by atoms with van der Waals surface area (Å²) in [5.74, 6) is 0.228. The summed E-state index contributed by atoms with van der Waals surface area (Å²) in [5.41, 5.74) is 5.59. The Bertz CT molecular complexity index is 106. The lowest BCUT2D eigenvalue weighted by Crippen LogP contribution is -2.10. The highest BCUT2D eigenvalue weighted by molar-refractivity contribution is 6.58. The van der Waals surface area contributed by atoms with Gasteiger partial charge in [-0.15, -0.1) is 0 Å². The highest BCUT2D eigenvalue weighted by atomic mass is 16.1. The monoisotopic (exact) mass is 141 g/mol. The standard InChI is InChI=1S/C7H16BNO/c1-6(7(8)10)4-2-3-5-9/h6H,2-5,8-9H2,1H3/t6-/m0/s1. The van der Waals surface area contributed by atoms with Gasteiger partial charge in [-0.05, 0) is 19.4 Å². The zero-order valence-corrected chi connectivity index (χ0v) is 6.89. The van der Waals surface area contributed by atoms with Crippen molar-refractivity contribution in [2.45, 2.75) is 26.2 Å². The Morgan fingerprint density at radius 2 is 2.20 bits per heavy atom. The Morgan fingerprint density at radius 3 is 2.60 bits per heavy atom. The molecule has 2 N–H and O–H groups in total. The van der Waals surface area contributed by atoms with Gasteiger partial charge in [0.05, 0.1) is 5.68 Å². The van der Waals surface area contributed by atoms with E-state index >= 15 is 0 Å². The molecule has 0 unspecified atom stereocenters. The predicted molar refractivity (Wildman–Crippen MR) is 45.6 cm³/mol. The first kappa shape index (κ1) is 9.69. The fourth-order valence-corrected chi connectivity index (χ4v) is 0.798. The first-order valence-electron chi connectivity index (χ1n) is 3.89. The number of unbranched alkanes of at least 4 members (excludes halogenated alkanes) is 1. The second-order valence-electron chi connectivity index (χ2n) is 2.80. The van der Waals surface area contributed by atoms with E-state index < -0.39 is 0 Å². The number of rotatable bonds is 5. The smallest absolute Gasteiger partial charge is 0.187 e. The molecule has 3 heteroatoms. The second kappa shape index (κ2) is 5.48. The van der Waals surface area contributed by atoms with Crippen LogP contribution in [0, 0.1) is 5.92 Å². The van der Waals surface area contributed by atoms with Gasteiger partial charge in [0.1, 0.15) is 0 Å². The van der Waals surface area contributed by atoms with Crippen molar-refractivity contribution in [2.75, 3.05) is 6.54 Å². The van der Waals surface area contributed by atoms with Crippen molar-refractivity contribution in [1.29, 1.82) is 0 Å². The van der Waals surface area contributed by atoms with Crippen LogP contribution in [-0.2, 0) is 4.79 Å². The van der Waals surface area contributed by atoms with Crippen molar-refractivity contribution in [1.82, 2.24) is 0 Å². The highest BCUT2D eigenvalue weighted by Gasteiger charge is 2.04. The molecule has 0 aromatic rings. The van der Waals surface area contributed by atoms with Gasteiger partial charge in [0.2, 0.25) is 0 Å². The molecule has 0 amide bonds. The molecular weight excluding hydrogens is 125 g/mol. The molecule has 0 heterocycles. The summed E-state index contributed by atoms with van der Waals surface area (Å²) < 4.78 is 0. The summed E-state index contributed by atoms with van der Waals surface area (Å²) in [7, 11) is 1.65.